The molecule has 0 saturated carbocycles. The SMILES string of the molecule is C1=C([SH]2CCCCC2)CCC1. The van der Waals surface area contributed by atoms with Gasteiger partial charge in [-0.2, -0.15) is 0 Å². The molecule has 0 N–H and O–H groups in total. The monoisotopic (exact) mass is 170 g/mol. The quantitative estimate of drug-likeness (QED) is 0.574. The molecule has 2 aliphatic rings. The molecule has 1 fully saturated rings. The Morgan fingerprint density at radius 2 is 1.82 bits per heavy atom. The summed E-state index contributed by atoms with van der Waals surface area (Å²) in [5.41, 5.74) is 0. The first-order valence-electron chi connectivity index (χ1n) is 4.91. The Labute approximate surface area is 72.4 Å². The van der Waals surface area contributed by atoms with Gasteiger partial charge in [-0.3, -0.25) is 0 Å². The van der Waals surface area contributed by atoms with Crippen molar-refractivity contribution in [2.75, 3.05) is 11.5 Å². The van der Waals surface area contributed by atoms with E-state index in [0.717, 1.165) is 0 Å². The fourth-order valence-electron chi connectivity index (χ4n) is 2.12. The molecule has 1 heterocycles. The van der Waals surface area contributed by atoms with E-state index < -0.39 is 0 Å². The van der Waals surface area contributed by atoms with Crippen molar-refractivity contribution in [3.63, 3.8) is 0 Å². The summed E-state index contributed by atoms with van der Waals surface area (Å²) in [4.78, 5) is 1.87. The van der Waals surface area contributed by atoms with Gasteiger partial charge in [0.25, 0.3) is 0 Å². The molecule has 1 saturated heterocycles. The van der Waals surface area contributed by atoms with Gasteiger partial charge >= 0.3 is 0 Å². The van der Waals surface area contributed by atoms with Crippen molar-refractivity contribution in [3.05, 3.63) is 11.0 Å². The molecule has 0 nitrogen and oxygen atoms in total. The molecule has 0 aromatic carbocycles. The van der Waals surface area contributed by atoms with E-state index in [-0.39, 0.29) is 0 Å². The van der Waals surface area contributed by atoms with Gasteiger partial charge in [-0.1, -0.05) is 12.5 Å². The minimum absolute atomic E-state index is 0.388. The largest absolute Gasteiger partial charge is 0.231 e. The maximum Gasteiger partial charge on any atom is -0.0217 e. The summed E-state index contributed by atoms with van der Waals surface area (Å²) < 4.78 is 0. The van der Waals surface area contributed by atoms with Gasteiger partial charge in [-0.15, -0.1) is 0 Å². The average molecular weight is 170 g/mol. The molecule has 1 aliphatic heterocycles. The van der Waals surface area contributed by atoms with E-state index in [2.05, 4.69) is 6.08 Å². The lowest BCUT2D eigenvalue weighted by molar-refractivity contribution is 0.759. The Hall–Kier alpha value is 0.0900. The predicted octanol–water partition coefficient (Wildman–Crippen LogP) is 3.24. The normalized spacial score (nSPS) is 28.7. The van der Waals surface area contributed by atoms with Crippen LogP contribution in [0.4, 0.5) is 0 Å². The second kappa shape index (κ2) is 3.66. The Balaban J connectivity index is 1.92. The average Bonchev–Trinajstić information content (AvgIpc) is 2.58. The van der Waals surface area contributed by atoms with E-state index in [1.807, 2.05) is 4.91 Å². The summed E-state index contributed by atoms with van der Waals surface area (Å²) in [5, 5.41) is 0. The number of hydrogen-bond donors (Lipinski definition) is 1. The van der Waals surface area contributed by atoms with Crippen molar-refractivity contribution < 1.29 is 0 Å². The third kappa shape index (κ3) is 1.81. The van der Waals surface area contributed by atoms with E-state index in [1.165, 1.54) is 38.5 Å². The second-order valence-corrected chi connectivity index (χ2v) is 6.18. The zero-order valence-electron chi connectivity index (χ0n) is 7.18. The number of hydrogen-bond acceptors (Lipinski definition) is 0. The molecule has 0 atom stereocenters. The number of allylic oxidation sites excluding steroid dienone is 2. The van der Waals surface area contributed by atoms with E-state index in [9.17, 15) is 0 Å². The highest BCUT2D eigenvalue weighted by Gasteiger charge is 2.15. The van der Waals surface area contributed by atoms with Crippen LogP contribution in [0.2, 0.25) is 0 Å². The van der Waals surface area contributed by atoms with Gasteiger partial charge < -0.3 is 0 Å². The van der Waals surface area contributed by atoms with Crippen molar-refractivity contribution in [3.8, 4) is 0 Å². The predicted molar refractivity (Wildman–Crippen MR) is 54.5 cm³/mol. The minimum atomic E-state index is 0.388. The van der Waals surface area contributed by atoms with Crippen molar-refractivity contribution >= 4 is 10.9 Å². The van der Waals surface area contributed by atoms with Gasteiger partial charge in [0.05, 0.1) is 0 Å². The van der Waals surface area contributed by atoms with Crippen LogP contribution < -0.4 is 0 Å². The summed E-state index contributed by atoms with van der Waals surface area (Å²) in [6.07, 6.45) is 11.4. The standard InChI is InChI=1S/C10H18S/c1-4-8-11(9-5-1)10-6-2-3-7-10/h6,11H,1-5,7-9H2. The second-order valence-electron chi connectivity index (χ2n) is 3.64. The third-order valence-electron chi connectivity index (χ3n) is 2.78. The Bertz CT molecular complexity index is 154. The van der Waals surface area contributed by atoms with Crippen LogP contribution in [0.15, 0.2) is 11.0 Å². The van der Waals surface area contributed by atoms with Crippen LogP contribution in [0.1, 0.15) is 38.5 Å². The van der Waals surface area contributed by atoms with Gasteiger partial charge in [-0.25, -0.2) is 10.9 Å². The topological polar surface area (TPSA) is 0 Å². The fraction of sp³-hybridized carbons (Fsp3) is 0.800. The van der Waals surface area contributed by atoms with Crippen molar-refractivity contribution in [1.82, 2.24) is 0 Å². The first-order chi connectivity index (χ1) is 5.47. The first kappa shape index (κ1) is 7.72. The van der Waals surface area contributed by atoms with Gasteiger partial charge in [-0.05, 0) is 48.5 Å². The van der Waals surface area contributed by atoms with E-state index in [1.54, 1.807) is 11.5 Å². The Morgan fingerprint density at radius 3 is 2.45 bits per heavy atom. The number of rotatable bonds is 1. The third-order valence-corrected chi connectivity index (χ3v) is 5.71. The van der Waals surface area contributed by atoms with Crippen LogP contribution >= 0.6 is 10.9 Å². The van der Waals surface area contributed by atoms with Crippen molar-refractivity contribution in [1.29, 1.82) is 0 Å². The molecule has 64 valence electrons. The highest BCUT2D eigenvalue weighted by atomic mass is 32.2. The Morgan fingerprint density at radius 1 is 1.00 bits per heavy atom. The van der Waals surface area contributed by atoms with E-state index in [0.29, 0.717) is 10.9 Å². The summed E-state index contributed by atoms with van der Waals surface area (Å²) in [7, 11) is 0.388. The molecule has 0 unspecified atom stereocenters. The minimum Gasteiger partial charge on any atom is -0.231 e. The molecule has 1 aliphatic carbocycles. The Kier molecular flexibility index (Phi) is 2.57. The van der Waals surface area contributed by atoms with Gasteiger partial charge in [0, 0.05) is 0 Å². The van der Waals surface area contributed by atoms with Crippen LogP contribution in [0.5, 0.6) is 0 Å². The fourth-order valence-corrected chi connectivity index (χ4v) is 4.99. The molecular formula is C10H18S. The van der Waals surface area contributed by atoms with Crippen molar-refractivity contribution in [2.24, 2.45) is 0 Å². The molecule has 0 radical (unpaired) electrons. The maximum atomic E-state index is 2.54. The summed E-state index contributed by atoms with van der Waals surface area (Å²) in [5.74, 6) is 3.11. The van der Waals surface area contributed by atoms with Crippen LogP contribution in [-0.4, -0.2) is 11.5 Å². The lowest BCUT2D eigenvalue weighted by Gasteiger charge is -2.27. The van der Waals surface area contributed by atoms with Crippen LogP contribution in [0.25, 0.3) is 0 Å². The molecule has 0 amide bonds. The molecule has 0 aromatic heterocycles. The van der Waals surface area contributed by atoms with Gasteiger partial charge in [0.1, 0.15) is 0 Å². The molecule has 0 bridgehead atoms. The highest BCUT2D eigenvalue weighted by Crippen LogP contribution is 2.45. The zero-order valence-corrected chi connectivity index (χ0v) is 8.08. The van der Waals surface area contributed by atoms with Crippen LogP contribution in [0, 0.1) is 0 Å². The van der Waals surface area contributed by atoms with E-state index in [4.69, 9.17) is 0 Å². The summed E-state index contributed by atoms with van der Waals surface area (Å²) >= 11 is 0. The maximum absolute atomic E-state index is 2.54. The molecule has 0 spiro atoms. The summed E-state index contributed by atoms with van der Waals surface area (Å²) in [6, 6.07) is 0. The van der Waals surface area contributed by atoms with Crippen LogP contribution in [0.3, 0.4) is 0 Å². The smallest absolute Gasteiger partial charge is 0.0217 e. The molecule has 2 rings (SSSR count). The lowest BCUT2D eigenvalue weighted by Crippen LogP contribution is -2.03. The van der Waals surface area contributed by atoms with Gasteiger partial charge in [0.15, 0.2) is 0 Å². The van der Waals surface area contributed by atoms with Crippen molar-refractivity contribution in [2.45, 2.75) is 38.5 Å². The molecule has 1 heteroatoms. The zero-order chi connectivity index (χ0) is 7.52. The van der Waals surface area contributed by atoms with E-state index >= 15 is 0 Å². The number of thiol groups is 1. The molecule has 0 aromatic rings. The molecule has 11 heavy (non-hydrogen) atoms. The van der Waals surface area contributed by atoms with Gasteiger partial charge in [0.2, 0.25) is 0 Å². The lowest BCUT2D eigenvalue weighted by atomic mass is 10.3. The summed E-state index contributed by atoms with van der Waals surface area (Å²) in [6.45, 7) is 0. The molecular weight excluding hydrogens is 152 g/mol. The highest BCUT2D eigenvalue weighted by molar-refractivity contribution is 8.20. The first-order valence-corrected chi connectivity index (χ1v) is 6.62. The van der Waals surface area contributed by atoms with Crippen LogP contribution in [-0.2, 0) is 0 Å².